The number of ether oxygens (including phenoxy) is 1. The summed E-state index contributed by atoms with van der Waals surface area (Å²) in [5.74, 6) is -0.0820. The van der Waals surface area contributed by atoms with E-state index in [0.717, 1.165) is 77.0 Å². The molecule has 6 heteroatoms. The topological polar surface area (TPSA) is 95.9 Å². The first-order valence-corrected chi connectivity index (χ1v) is 31.6. The molecule has 0 aromatic carbocycles. The minimum absolute atomic E-state index is 0.0246. The molecule has 0 aliphatic rings. The maximum atomic E-state index is 12.5. The van der Waals surface area contributed by atoms with E-state index in [9.17, 15) is 19.8 Å². The molecule has 70 heavy (non-hydrogen) atoms. The third-order valence-electron chi connectivity index (χ3n) is 14.7. The van der Waals surface area contributed by atoms with Crippen LogP contribution >= 0.6 is 0 Å². The lowest BCUT2D eigenvalue weighted by Crippen LogP contribution is -2.45. The average molecular weight is 987 g/mol. The van der Waals surface area contributed by atoms with Crippen molar-refractivity contribution in [3.05, 3.63) is 24.3 Å². The minimum atomic E-state index is -0.682. The standard InChI is InChI=1S/C64H123NO5/c1-3-5-7-9-11-13-15-17-19-21-23-24-25-26-27-28-30-32-36-40-44-48-52-56-62(67)61(60-66)65-63(68)57-53-49-45-41-37-34-35-39-43-47-51-55-59-70-64(69)58-54-50-46-42-38-33-31-29-22-20-18-16-14-12-10-8-6-4-2/h20,22,35,39,61-62,66-67H,3-19,21,23-34,36-38,40-60H2,1-2H3,(H,65,68)/b22-20-,39-35-. The predicted molar refractivity (Wildman–Crippen MR) is 306 cm³/mol. The van der Waals surface area contributed by atoms with Gasteiger partial charge in [0.15, 0.2) is 0 Å². The van der Waals surface area contributed by atoms with Gasteiger partial charge in [0.05, 0.1) is 25.4 Å². The summed E-state index contributed by atoms with van der Waals surface area (Å²) in [6.45, 7) is 4.92. The smallest absolute Gasteiger partial charge is 0.305 e. The second-order valence-corrected chi connectivity index (χ2v) is 21.7. The fraction of sp³-hybridized carbons (Fsp3) is 0.906. The van der Waals surface area contributed by atoms with Crippen LogP contribution in [0.2, 0.25) is 0 Å². The molecule has 2 unspecified atom stereocenters. The molecule has 0 spiro atoms. The van der Waals surface area contributed by atoms with Crippen LogP contribution in [0.3, 0.4) is 0 Å². The number of amides is 1. The van der Waals surface area contributed by atoms with Crippen molar-refractivity contribution in [3.63, 3.8) is 0 Å². The number of hydrogen-bond acceptors (Lipinski definition) is 5. The number of nitrogens with one attached hydrogen (secondary N) is 1. The maximum absolute atomic E-state index is 12.5. The number of allylic oxidation sites excluding steroid dienone is 4. The Bertz CT molecular complexity index is 1090. The Hall–Kier alpha value is -1.66. The zero-order chi connectivity index (χ0) is 50.7. The lowest BCUT2D eigenvalue weighted by Gasteiger charge is -2.22. The van der Waals surface area contributed by atoms with Crippen LogP contribution in [0.4, 0.5) is 0 Å². The van der Waals surface area contributed by atoms with Crippen LogP contribution < -0.4 is 5.32 Å². The van der Waals surface area contributed by atoms with Gasteiger partial charge >= 0.3 is 5.97 Å². The molecule has 0 aliphatic carbocycles. The van der Waals surface area contributed by atoms with Gasteiger partial charge in [-0.1, -0.05) is 276 Å². The third kappa shape index (κ3) is 55.7. The van der Waals surface area contributed by atoms with E-state index in [0.29, 0.717) is 25.9 Å². The highest BCUT2D eigenvalue weighted by molar-refractivity contribution is 5.76. The van der Waals surface area contributed by atoms with Crippen LogP contribution in [-0.4, -0.2) is 47.4 Å². The van der Waals surface area contributed by atoms with Gasteiger partial charge < -0.3 is 20.3 Å². The predicted octanol–water partition coefficient (Wildman–Crippen LogP) is 19.8. The summed E-state index contributed by atoms with van der Waals surface area (Å²) in [5, 5.41) is 23.4. The van der Waals surface area contributed by atoms with Gasteiger partial charge in [-0.3, -0.25) is 9.59 Å². The van der Waals surface area contributed by atoms with Crippen molar-refractivity contribution in [3.8, 4) is 0 Å². The molecule has 3 N–H and O–H groups in total. The molecule has 0 rings (SSSR count). The van der Waals surface area contributed by atoms with Crippen molar-refractivity contribution in [1.29, 1.82) is 0 Å². The Morgan fingerprint density at radius 1 is 0.386 bits per heavy atom. The van der Waals surface area contributed by atoms with Crippen molar-refractivity contribution in [2.45, 2.75) is 360 Å². The molecule has 0 fully saturated rings. The molecule has 0 aromatic heterocycles. The van der Waals surface area contributed by atoms with Gasteiger partial charge in [-0.25, -0.2) is 0 Å². The Labute approximate surface area is 437 Å². The van der Waals surface area contributed by atoms with Gasteiger partial charge in [-0.05, 0) is 83.5 Å². The van der Waals surface area contributed by atoms with Crippen LogP contribution in [0, 0.1) is 0 Å². The molecule has 6 nitrogen and oxygen atoms in total. The highest BCUT2D eigenvalue weighted by Gasteiger charge is 2.20. The van der Waals surface area contributed by atoms with Crippen LogP contribution in [0.5, 0.6) is 0 Å². The first kappa shape index (κ1) is 68.3. The number of unbranched alkanes of at least 4 members (excludes halogenated alkanes) is 44. The van der Waals surface area contributed by atoms with Gasteiger partial charge in [-0.2, -0.15) is 0 Å². The molecule has 0 aromatic rings. The van der Waals surface area contributed by atoms with E-state index in [1.54, 1.807) is 0 Å². The molecule has 0 saturated heterocycles. The van der Waals surface area contributed by atoms with Crippen LogP contribution in [0.1, 0.15) is 348 Å². The SMILES string of the molecule is CCCCCCCCC/C=C\CCCCCCCCCC(=O)OCCCCC/C=C\CCCCCCCC(=O)NC(CO)C(O)CCCCCCCCCCCCCCCCCCCCCCCCC. The van der Waals surface area contributed by atoms with E-state index < -0.39 is 12.1 Å². The van der Waals surface area contributed by atoms with Gasteiger partial charge in [0.2, 0.25) is 5.91 Å². The maximum Gasteiger partial charge on any atom is 0.305 e. The minimum Gasteiger partial charge on any atom is -0.466 e. The Kier molecular flexibility index (Phi) is 58.5. The summed E-state index contributed by atoms with van der Waals surface area (Å²) in [7, 11) is 0. The van der Waals surface area contributed by atoms with Gasteiger partial charge in [0.25, 0.3) is 0 Å². The number of aliphatic hydroxyl groups is 2. The van der Waals surface area contributed by atoms with Crippen molar-refractivity contribution >= 4 is 11.9 Å². The highest BCUT2D eigenvalue weighted by Crippen LogP contribution is 2.18. The summed E-state index contributed by atoms with van der Waals surface area (Å²) in [5.41, 5.74) is 0. The van der Waals surface area contributed by atoms with Crippen molar-refractivity contribution in [2.24, 2.45) is 0 Å². The van der Waals surface area contributed by atoms with Crippen LogP contribution in [0.25, 0.3) is 0 Å². The first-order valence-electron chi connectivity index (χ1n) is 31.6. The molecule has 0 heterocycles. The van der Waals surface area contributed by atoms with Crippen molar-refractivity contribution in [1.82, 2.24) is 5.32 Å². The molecular weight excluding hydrogens is 863 g/mol. The molecule has 0 aliphatic heterocycles. The Balaban J connectivity index is 3.47. The zero-order valence-corrected chi connectivity index (χ0v) is 47.3. The van der Waals surface area contributed by atoms with E-state index in [1.165, 1.54) is 238 Å². The molecular formula is C64H123NO5. The van der Waals surface area contributed by atoms with E-state index >= 15 is 0 Å². The normalized spacial score (nSPS) is 12.7. The van der Waals surface area contributed by atoms with E-state index in [2.05, 4.69) is 43.5 Å². The summed E-state index contributed by atoms with van der Waals surface area (Å²) in [6.07, 6.45) is 73.3. The van der Waals surface area contributed by atoms with Gasteiger partial charge in [0.1, 0.15) is 0 Å². The fourth-order valence-electron chi connectivity index (χ4n) is 9.87. The number of rotatable bonds is 59. The zero-order valence-electron chi connectivity index (χ0n) is 47.3. The lowest BCUT2D eigenvalue weighted by molar-refractivity contribution is -0.143. The summed E-state index contributed by atoms with van der Waals surface area (Å²) >= 11 is 0. The average Bonchev–Trinajstić information content (AvgIpc) is 3.36. The van der Waals surface area contributed by atoms with Crippen LogP contribution in [0.15, 0.2) is 24.3 Å². The summed E-state index contributed by atoms with van der Waals surface area (Å²) in [6, 6.07) is -0.562. The molecule has 0 saturated carbocycles. The van der Waals surface area contributed by atoms with Crippen molar-refractivity contribution < 1.29 is 24.5 Å². The molecule has 414 valence electrons. The van der Waals surface area contributed by atoms with E-state index in [4.69, 9.17) is 4.74 Å². The van der Waals surface area contributed by atoms with E-state index in [-0.39, 0.29) is 18.5 Å². The van der Waals surface area contributed by atoms with Crippen molar-refractivity contribution in [2.75, 3.05) is 13.2 Å². The lowest BCUT2D eigenvalue weighted by atomic mass is 10.0. The summed E-state index contributed by atoms with van der Waals surface area (Å²) in [4.78, 5) is 24.6. The number of hydrogen-bond donors (Lipinski definition) is 3. The number of esters is 1. The Morgan fingerprint density at radius 2 is 0.671 bits per heavy atom. The second-order valence-electron chi connectivity index (χ2n) is 21.7. The van der Waals surface area contributed by atoms with Gasteiger partial charge in [0, 0.05) is 12.8 Å². The second kappa shape index (κ2) is 59.9. The van der Waals surface area contributed by atoms with E-state index in [1.807, 2.05) is 0 Å². The fourth-order valence-corrected chi connectivity index (χ4v) is 9.87. The monoisotopic (exact) mass is 986 g/mol. The Morgan fingerprint density at radius 3 is 1.01 bits per heavy atom. The summed E-state index contributed by atoms with van der Waals surface area (Å²) < 4.78 is 5.47. The largest absolute Gasteiger partial charge is 0.466 e. The van der Waals surface area contributed by atoms with Crippen LogP contribution in [-0.2, 0) is 14.3 Å². The molecule has 1 amide bonds. The number of carbonyl (C=O) groups excluding carboxylic acids is 2. The molecule has 2 atom stereocenters. The first-order chi connectivity index (χ1) is 34.5. The van der Waals surface area contributed by atoms with Gasteiger partial charge in [-0.15, -0.1) is 0 Å². The quantitative estimate of drug-likeness (QED) is 0.0321. The third-order valence-corrected chi connectivity index (χ3v) is 14.7. The molecule has 0 bridgehead atoms. The highest BCUT2D eigenvalue weighted by atomic mass is 16.5. The number of aliphatic hydroxyl groups excluding tert-OH is 2. The number of carbonyl (C=O) groups is 2. The molecule has 0 radical (unpaired) electrons.